The summed E-state index contributed by atoms with van der Waals surface area (Å²) < 4.78 is 41.9. The van der Waals surface area contributed by atoms with Crippen molar-refractivity contribution in [1.29, 1.82) is 0 Å². The molecule has 0 aliphatic carbocycles. The second-order valence-electron chi connectivity index (χ2n) is 4.84. The summed E-state index contributed by atoms with van der Waals surface area (Å²) in [5.74, 6) is -2.70. The maximum absolute atomic E-state index is 12.2. The van der Waals surface area contributed by atoms with E-state index in [1.165, 1.54) is 12.1 Å². The molecule has 1 aromatic heterocycles. The monoisotopic (exact) mass is 418 g/mol. The number of halogens is 4. The van der Waals surface area contributed by atoms with Gasteiger partial charge in [-0.2, -0.15) is 18.2 Å². The topological polar surface area (TPSA) is 89.4 Å². The van der Waals surface area contributed by atoms with Crippen LogP contribution in [-0.4, -0.2) is 40.1 Å². The summed E-state index contributed by atoms with van der Waals surface area (Å²) in [4.78, 5) is 30.0. The number of nitrogens with zero attached hydrogens (tertiary/aromatic N) is 2. The van der Waals surface area contributed by atoms with E-state index in [0.717, 1.165) is 6.20 Å². The molecule has 1 unspecified atom stereocenters. The lowest BCUT2D eigenvalue weighted by atomic mass is 9.93. The van der Waals surface area contributed by atoms with Crippen molar-refractivity contribution in [3.8, 4) is 6.01 Å². The summed E-state index contributed by atoms with van der Waals surface area (Å²) in [5.41, 5.74) is -0.119. The van der Waals surface area contributed by atoms with Crippen LogP contribution in [-0.2, 0) is 4.79 Å². The molecule has 0 amide bonds. The zero-order valence-electron chi connectivity index (χ0n) is 12.3. The van der Waals surface area contributed by atoms with Gasteiger partial charge >= 0.3 is 18.2 Å². The molecule has 0 saturated heterocycles. The van der Waals surface area contributed by atoms with E-state index in [2.05, 4.69) is 30.6 Å². The minimum absolute atomic E-state index is 0.158. The van der Waals surface area contributed by atoms with E-state index >= 15 is 0 Å². The molecule has 132 valence electrons. The fourth-order valence-electron chi connectivity index (χ4n) is 2.00. The second kappa shape index (κ2) is 7.60. The number of carboxylic acids is 1. The van der Waals surface area contributed by atoms with E-state index in [4.69, 9.17) is 0 Å². The highest BCUT2D eigenvalue weighted by Gasteiger charge is 2.31. The largest absolute Gasteiger partial charge is 0.480 e. The predicted octanol–water partition coefficient (Wildman–Crippen LogP) is 3.21. The summed E-state index contributed by atoms with van der Waals surface area (Å²) in [6.45, 7) is -1.64. The average Bonchev–Trinajstić information content (AvgIpc) is 2.54. The van der Waals surface area contributed by atoms with Gasteiger partial charge in [-0.05, 0) is 17.7 Å². The van der Waals surface area contributed by atoms with Crippen LogP contribution in [0.2, 0.25) is 0 Å². The number of hydrogen-bond donors (Lipinski definition) is 1. The summed E-state index contributed by atoms with van der Waals surface area (Å²) >= 11 is 3.21. The van der Waals surface area contributed by atoms with Crippen molar-refractivity contribution in [2.75, 3.05) is 6.61 Å². The summed E-state index contributed by atoms with van der Waals surface area (Å²) in [7, 11) is 0. The number of ether oxygens (including phenoxy) is 1. The number of alkyl halides is 3. The molecule has 0 aliphatic rings. The number of hydrogen-bond acceptors (Lipinski definition) is 5. The molecule has 0 bridgehead atoms. The number of aromatic nitrogens is 2. The lowest BCUT2D eigenvalue weighted by molar-refractivity contribution is -0.154. The Kier molecular flexibility index (Phi) is 5.73. The van der Waals surface area contributed by atoms with Crippen molar-refractivity contribution >= 4 is 28.2 Å². The molecule has 0 fully saturated rings. The standard InChI is InChI=1S/C15H10BrF3N2O4/c16-10-3-1-8(2-4-10)11(13(23)24)12-9(6-22)5-20-14(21-12)25-7-15(17,18)19/h1-6,11H,7H2,(H,23,24). The Hall–Kier alpha value is -2.49. The van der Waals surface area contributed by atoms with Crippen LogP contribution in [0.5, 0.6) is 6.01 Å². The summed E-state index contributed by atoms with van der Waals surface area (Å²) in [6, 6.07) is 5.51. The SMILES string of the molecule is O=Cc1cnc(OCC(F)(F)F)nc1C(C(=O)O)c1ccc(Br)cc1. The molecule has 0 aliphatic heterocycles. The summed E-state index contributed by atoms with van der Waals surface area (Å²) in [6.07, 6.45) is -3.35. The minimum atomic E-state index is -4.61. The van der Waals surface area contributed by atoms with Gasteiger partial charge in [-0.3, -0.25) is 9.59 Å². The molecule has 1 heterocycles. The van der Waals surface area contributed by atoms with Gasteiger partial charge < -0.3 is 9.84 Å². The number of benzene rings is 1. The van der Waals surface area contributed by atoms with E-state index in [-0.39, 0.29) is 11.3 Å². The van der Waals surface area contributed by atoms with Crippen molar-refractivity contribution in [3.63, 3.8) is 0 Å². The molecule has 6 nitrogen and oxygen atoms in total. The highest BCUT2D eigenvalue weighted by Crippen LogP contribution is 2.28. The Morgan fingerprint density at radius 3 is 2.48 bits per heavy atom. The molecular formula is C15H10BrF3N2O4. The van der Waals surface area contributed by atoms with Gasteiger partial charge in [0, 0.05) is 10.7 Å². The van der Waals surface area contributed by atoms with Crippen LogP contribution in [0.4, 0.5) is 13.2 Å². The molecule has 2 rings (SSSR count). The Morgan fingerprint density at radius 1 is 1.32 bits per heavy atom. The van der Waals surface area contributed by atoms with Gasteiger partial charge in [0.25, 0.3) is 0 Å². The predicted molar refractivity (Wildman–Crippen MR) is 82.6 cm³/mol. The van der Waals surface area contributed by atoms with Gasteiger partial charge in [0.15, 0.2) is 12.9 Å². The third kappa shape index (κ3) is 4.99. The van der Waals surface area contributed by atoms with Crippen molar-refractivity contribution in [3.05, 3.63) is 51.8 Å². The highest BCUT2D eigenvalue weighted by molar-refractivity contribution is 9.10. The third-order valence-electron chi connectivity index (χ3n) is 3.04. The normalized spacial score (nSPS) is 12.5. The Morgan fingerprint density at radius 2 is 1.96 bits per heavy atom. The smallest absolute Gasteiger partial charge is 0.422 e. The lowest BCUT2D eigenvalue weighted by Crippen LogP contribution is -2.22. The molecular weight excluding hydrogens is 409 g/mol. The maximum Gasteiger partial charge on any atom is 0.422 e. The number of aldehydes is 1. The molecule has 0 radical (unpaired) electrons. The van der Waals surface area contributed by atoms with Crippen molar-refractivity contribution in [1.82, 2.24) is 9.97 Å². The van der Waals surface area contributed by atoms with Crippen molar-refractivity contribution < 1.29 is 32.6 Å². The second-order valence-corrected chi connectivity index (χ2v) is 5.75. The molecule has 2 aromatic rings. The van der Waals surface area contributed by atoms with E-state index in [0.29, 0.717) is 16.3 Å². The van der Waals surface area contributed by atoms with Crippen LogP contribution in [0.25, 0.3) is 0 Å². The van der Waals surface area contributed by atoms with Gasteiger partial charge in [-0.1, -0.05) is 28.1 Å². The van der Waals surface area contributed by atoms with Crippen LogP contribution in [0.15, 0.2) is 34.9 Å². The fraction of sp³-hybridized carbons (Fsp3) is 0.200. The number of carbonyl (C=O) groups is 2. The van der Waals surface area contributed by atoms with E-state index in [9.17, 15) is 27.9 Å². The van der Waals surface area contributed by atoms with Gasteiger partial charge in [-0.25, -0.2) is 4.98 Å². The van der Waals surface area contributed by atoms with E-state index in [1.807, 2.05) is 0 Å². The number of carboxylic acid groups (broad SMARTS) is 1. The number of aliphatic carboxylic acids is 1. The van der Waals surface area contributed by atoms with Gasteiger partial charge in [0.05, 0.1) is 11.3 Å². The average molecular weight is 419 g/mol. The minimum Gasteiger partial charge on any atom is -0.480 e. The first kappa shape index (κ1) is 18.8. The van der Waals surface area contributed by atoms with Gasteiger partial charge in [0.1, 0.15) is 5.92 Å². The lowest BCUT2D eigenvalue weighted by Gasteiger charge is -2.15. The molecule has 10 heteroatoms. The zero-order valence-corrected chi connectivity index (χ0v) is 13.9. The van der Waals surface area contributed by atoms with Gasteiger partial charge in [0.2, 0.25) is 0 Å². The molecule has 0 saturated carbocycles. The molecule has 1 N–H and O–H groups in total. The quantitative estimate of drug-likeness (QED) is 0.724. The van der Waals surface area contributed by atoms with Crippen molar-refractivity contribution in [2.24, 2.45) is 0 Å². The molecule has 0 spiro atoms. The summed E-state index contributed by atoms with van der Waals surface area (Å²) in [5, 5.41) is 9.51. The number of rotatable bonds is 6. The first-order valence-corrected chi connectivity index (χ1v) is 7.50. The highest BCUT2D eigenvalue weighted by atomic mass is 79.9. The van der Waals surface area contributed by atoms with E-state index in [1.54, 1.807) is 12.1 Å². The van der Waals surface area contributed by atoms with Crippen LogP contribution >= 0.6 is 15.9 Å². The first-order valence-electron chi connectivity index (χ1n) is 6.71. The Balaban J connectivity index is 2.46. The zero-order chi connectivity index (χ0) is 18.6. The first-order chi connectivity index (χ1) is 11.7. The molecule has 1 atom stereocenters. The number of carbonyl (C=O) groups excluding carboxylic acids is 1. The van der Waals surface area contributed by atoms with E-state index < -0.39 is 30.7 Å². The Bertz CT molecular complexity index is 781. The van der Waals surface area contributed by atoms with Crippen LogP contribution in [0.3, 0.4) is 0 Å². The van der Waals surface area contributed by atoms with Gasteiger partial charge in [-0.15, -0.1) is 0 Å². The molecule has 25 heavy (non-hydrogen) atoms. The third-order valence-corrected chi connectivity index (χ3v) is 3.57. The van der Waals surface area contributed by atoms with Crippen LogP contribution in [0, 0.1) is 0 Å². The van der Waals surface area contributed by atoms with Crippen LogP contribution in [0.1, 0.15) is 27.5 Å². The molecule has 1 aromatic carbocycles. The Labute approximate surface area is 147 Å². The fourth-order valence-corrected chi connectivity index (χ4v) is 2.26. The van der Waals surface area contributed by atoms with Crippen LogP contribution < -0.4 is 4.74 Å². The van der Waals surface area contributed by atoms with Crippen molar-refractivity contribution in [2.45, 2.75) is 12.1 Å². The maximum atomic E-state index is 12.2.